The van der Waals surface area contributed by atoms with Gasteiger partial charge in [0.25, 0.3) is 5.91 Å². The number of hydrogen-bond acceptors (Lipinski definition) is 6. The lowest BCUT2D eigenvalue weighted by molar-refractivity contribution is -0.190. The summed E-state index contributed by atoms with van der Waals surface area (Å²) in [4.78, 5) is 28.9. The number of halogens is 6. The van der Waals surface area contributed by atoms with E-state index in [1.807, 2.05) is 5.32 Å². The van der Waals surface area contributed by atoms with E-state index in [1.54, 1.807) is 0 Å². The summed E-state index contributed by atoms with van der Waals surface area (Å²) in [7, 11) is 0. The van der Waals surface area contributed by atoms with Crippen LogP contribution < -0.4 is 15.7 Å². The maximum absolute atomic E-state index is 15.0. The van der Waals surface area contributed by atoms with Crippen molar-refractivity contribution in [3.05, 3.63) is 62.8 Å². The summed E-state index contributed by atoms with van der Waals surface area (Å²) in [6.07, 6.45) is -7.40. The topological polar surface area (TPSA) is 111 Å². The summed E-state index contributed by atoms with van der Waals surface area (Å²) < 4.78 is 74.6. The highest BCUT2D eigenvalue weighted by atomic mass is 35.5. The van der Waals surface area contributed by atoms with E-state index in [0.29, 0.717) is 17.7 Å². The summed E-state index contributed by atoms with van der Waals surface area (Å²) in [5.74, 6) is -5.66. The van der Waals surface area contributed by atoms with Crippen molar-refractivity contribution in [3.8, 4) is 11.7 Å². The van der Waals surface area contributed by atoms with Crippen molar-refractivity contribution >= 4 is 23.2 Å². The van der Waals surface area contributed by atoms with Crippen LogP contribution in [-0.4, -0.2) is 42.6 Å². The number of para-hydroxylation sites is 1. The Bertz CT molecular complexity index is 1300. The molecule has 0 aliphatic carbocycles. The number of nitrogens with one attached hydrogen (secondary N) is 1. The van der Waals surface area contributed by atoms with Crippen LogP contribution in [-0.2, 0) is 13.2 Å². The van der Waals surface area contributed by atoms with E-state index in [1.165, 1.54) is 19.1 Å². The number of alkyl halides is 3. The van der Waals surface area contributed by atoms with Crippen molar-refractivity contribution in [1.29, 1.82) is 0 Å². The van der Waals surface area contributed by atoms with E-state index in [0.717, 1.165) is 10.6 Å². The molecule has 2 aromatic heterocycles. The number of benzene rings is 1. The number of aliphatic hydroxyl groups excluding tert-OH is 1. The van der Waals surface area contributed by atoms with Crippen LogP contribution in [0.3, 0.4) is 0 Å². The van der Waals surface area contributed by atoms with Gasteiger partial charge in [-0.05, 0) is 32.0 Å². The molecule has 2 heterocycles. The predicted octanol–water partition coefficient (Wildman–Crippen LogP) is 3.45. The first-order valence-corrected chi connectivity index (χ1v) is 10.3. The maximum atomic E-state index is 15.0. The molecule has 1 atom stereocenters. The van der Waals surface area contributed by atoms with Crippen LogP contribution in [0.4, 0.5) is 27.6 Å². The molecule has 35 heavy (non-hydrogen) atoms. The summed E-state index contributed by atoms with van der Waals surface area (Å²) in [6.45, 7) is 1.49. The number of anilines is 1. The summed E-state index contributed by atoms with van der Waals surface area (Å²) in [6, 6.07) is 3.90. The van der Waals surface area contributed by atoms with Gasteiger partial charge in [0, 0.05) is 6.54 Å². The molecule has 0 aliphatic rings. The third kappa shape index (κ3) is 5.27. The number of aliphatic hydroxyl groups is 1. The fourth-order valence-corrected chi connectivity index (χ4v) is 3.12. The molecule has 0 bridgehead atoms. The zero-order valence-electron chi connectivity index (χ0n) is 18.0. The molecule has 188 valence electrons. The molecule has 1 unspecified atom stereocenters. The van der Waals surface area contributed by atoms with Crippen LogP contribution in [0.25, 0.3) is 5.82 Å². The Morgan fingerprint density at radius 3 is 2.51 bits per heavy atom. The van der Waals surface area contributed by atoms with Gasteiger partial charge in [0.2, 0.25) is 5.88 Å². The lowest BCUT2D eigenvalue weighted by Crippen LogP contribution is -2.33. The molecule has 1 aromatic carbocycles. The zero-order valence-corrected chi connectivity index (χ0v) is 18.8. The SMILES string of the molecule is CCn1c(CO)nn(-c2nc(OC(C)C(F)(F)F)c(C(=O)Nc3c(F)cccc3Cl)cc2F)c1=O. The minimum absolute atomic E-state index is 0.0364. The van der Waals surface area contributed by atoms with Gasteiger partial charge < -0.3 is 15.2 Å². The third-order valence-electron chi connectivity index (χ3n) is 4.72. The molecular formula is C20H17ClF5N5O4. The molecule has 3 rings (SSSR count). The van der Waals surface area contributed by atoms with Gasteiger partial charge >= 0.3 is 11.9 Å². The van der Waals surface area contributed by atoms with Crippen molar-refractivity contribution in [2.24, 2.45) is 0 Å². The van der Waals surface area contributed by atoms with Crippen LogP contribution >= 0.6 is 11.6 Å². The average molecular weight is 522 g/mol. The largest absolute Gasteiger partial charge is 0.464 e. The molecule has 1 amide bonds. The first-order valence-electron chi connectivity index (χ1n) is 9.88. The Kier molecular flexibility index (Phi) is 7.45. The monoisotopic (exact) mass is 521 g/mol. The van der Waals surface area contributed by atoms with Gasteiger partial charge in [-0.15, -0.1) is 5.10 Å². The van der Waals surface area contributed by atoms with E-state index < -0.39 is 65.1 Å². The van der Waals surface area contributed by atoms with Crippen LogP contribution in [0.2, 0.25) is 5.02 Å². The van der Waals surface area contributed by atoms with Crippen LogP contribution in [0, 0.1) is 11.6 Å². The molecule has 0 saturated heterocycles. The van der Waals surface area contributed by atoms with Gasteiger partial charge in [-0.2, -0.15) is 22.8 Å². The fraction of sp³-hybridized carbons (Fsp3) is 0.300. The molecule has 0 fully saturated rings. The van der Waals surface area contributed by atoms with Gasteiger partial charge in [-0.3, -0.25) is 9.36 Å². The number of ether oxygens (including phenoxy) is 1. The molecule has 15 heteroatoms. The normalized spacial score (nSPS) is 12.5. The van der Waals surface area contributed by atoms with Crippen molar-refractivity contribution in [1.82, 2.24) is 19.3 Å². The Morgan fingerprint density at radius 2 is 1.97 bits per heavy atom. The van der Waals surface area contributed by atoms with Crippen LogP contribution in [0.5, 0.6) is 5.88 Å². The lowest BCUT2D eigenvalue weighted by atomic mass is 10.2. The van der Waals surface area contributed by atoms with Crippen molar-refractivity contribution < 1.29 is 36.6 Å². The second kappa shape index (κ2) is 10.00. The summed E-state index contributed by atoms with van der Waals surface area (Å²) >= 11 is 5.85. The van der Waals surface area contributed by atoms with Crippen LogP contribution in [0.15, 0.2) is 29.1 Å². The Morgan fingerprint density at radius 1 is 1.29 bits per heavy atom. The van der Waals surface area contributed by atoms with Gasteiger partial charge in [-0.25, -0.2) is 13.6 Å². The van der Waals surface area contributed by atoms with Crippen LogP contribution in [0.1, 0.15) is 30.0 Å². The summed E-state index contributed by atoms with van der Waals surface area (Å²) in [5.41, 5.74) is -2.30. The smallest absolute Gasteiger partial charge is 0.425 e. The molecule has 3 aromatic rings. The number of amides is 1. The van der Waals surface area contributed by atoms with Gasteiger partial charge in [0.1, 0.15) is 18.0 Å². The number of pyridine rings is 1. The van der Waals surface area contributed by atoms with Crippen molar-refractivity contribution in [2.45, 2.75) is 39.3 Å². The predicted molar refractivity (Wildman–Crippen MR) is 113 cm³/mol. The summed E-state index contributed by atoms with van der Waals surface area (Å²) in [5, 5.41) is 14.9. The lowest BCUT2D eigenvalue weighted by Gasteiger charge is -2.19. The average Bonchev–Trinajstić information content (AvgIpc) is 3.11. The highest BCUT2D eigenvalue weighted by Crippen LogP contribution is 2.30. The molecule has 0 aliphatic heterocycles. The van der Waals surface area contributed by atoms with E-state index >= 15 is 0 Å². The number of carbonyl (C=O) groups excluding carboxylic acids is 1. The Hall–Kier alpha value is -3.52. The second-order valence-electron chi connectivity index (χ2n) is 7.01. The van der Waals surface area contributed by atoms with E-state index in [4.69, 9.17) is 16.3 Å². The Balaban J connectivity index is 2.16. The van der Waals surface area contributed by atoms with E-state index in [9.17, 15) is 36.6 Å². The fourth-order valence-electron chi connectivity index (χ4n) is 2.91. The number of nitrogens with zero attached hydrogens (tertiary/aromatic N) is 4. The quantitative estimate of drug-likeness (QED) is 0.461. The van der Waals surface area contributed by atoms with Crippen molar-refractivity contribution in [2.75, 3.05) is 5.32 Å². The standard InChI is InChI=1S/C20H17ClF5N5O4/c1-3-30-14(8-32)29-31(19(30)34)16-13(23)7-10(18(28-16)35-9(2)20(24,25)26)17(33)27-15-11(21)5-4-6-12(15)22/h4-7,9,32H,3,8H2,1-2H3,(H,27,33). The van der Waals surface area contributed by atoms with Gasteiger partial charge in [0.05, 0.1) is 10.7 Å². The molecule has 0 spiro atoms. The van der Waals surface area contributed by atoms with E-state index in [-0.39, 0.29) is 17.4 Å². The minimum Gasteiger partial charge on any atom is -0.464 e. The minimum atomic E-state index is -4.90. The molecule has 0 radical (unpaired) electrons. The molecule has 0 saturated carbocycles. The highest BCUT2D eigenvalue weighted by molar-refractivity contribution is 6.34. The number of hydrogen-bond donors (Lipinski definition) is 2. The number of carbonyl (C=O) groups is 1. The highest BCUT2D eigenvalue weighted by Gasteiger charge is 2.39. The maximum Gasteiger partial charge on any atom is 0.425 e. The molecule has 2 N–H and O–H groups in total. The first-order chi connectivity index (χ1) is 16.4. The molecule has 9 nitrogen and oxygen atoms in total. The third-order valence-corrected chi connectivity index (χ3v) is 5.03. The van der Waals surface area contributed by atoms with Crippen molar-refractivity contribution in [3.63, 3.8) is 0 Å². The van der Waals surface area contributed by atoms with Gasteiger partial charge in [-0.1, -0.05) is 17.7 Å². The second-order valence-corrected chi connectivity index (χ2v) is 7.42. The first kappa shape index (κ1) is 26.1. The Labute approximate surface area is 198 Å². The number of aromatic nitrogens is 4. The molecular weight excluding hydrogens is 505 g/mol. The zero-order chi connectivity index (χ0) is 26.1. The van der Waals surface area contributed by atoms with Gasteiger partial charge in [0.15, 0.2) is 23.6 Å². The van der Waals surface area contributed by atoms with E-state index in [2.05, 4.69) is 10.1 Å². The number of rotatable bonds is 7.